The molecule has 1 atom stereocenters. The van der Waals surface area contributed by atoms with Crippen LogP contribution >= 0.6 is 11.3 Å². The van der Waals surface area contributed by atoms with E-state index in [1.54, 1.807) is 11.3 Å². The second-order valence-corrected chi connectivity index (χ2v) is 8.07. The number of fused-ring (bicyclic) bond motifs is 1. The van der Waals surface area contributed by atoms with Crippen LogP contribution in [0, 0.1) is 0 Å². The van der Waals surface area contributed by atoms with Gasteiger partial charge >= 0.3 is 0 Å². The van der Waals surface area contributed by atoms with Gasteiger partial charge in [0.1, 0.15) is 0 Å². The minimum Gasteiger partial charge on any atom is -0.329 e. The van der Waals surface area contributed by atoms with E-state index in [1.807, 2.05) is 29.8 Å². The fourth-order valence-electron chi connectivity index (χ4n) is 3.93. The summed E-state index contributed by atoms with van der Waals surface area (Å²) in [6.45, 7) is 2.70. The first-order valence-corrected chi connectivity index (χ1v) is 10.1. The predicted octanol–water partition coefficient (Wildman–Crippen LogP) is 3.96. The summed E-state index contributed by atoms with van der Waals surface area (Å²) in [6, 6.07) is 17.2. The van der Waals surface area contributed by atoms with Gasteiger partial charge < -0.3 is 4.90 Å². The third-order valence-corrected chi connectivity index (χ3v) is 6.29. The molecule has 0 bridgehead atoms. The lowest BCUT2D eigenvalue weighted by Gasteiger charge is -2.42. The van der Waals surface area contributed by atoms with Gasteiger partial charge in [0, 0.05) is 31.2 Å². The molecule has 1 saturated carbocycles. The molecule has 5 rings (SSSR count). The van der Waals surface area contributed by atoms with Gasteiger partial charge in [0.05, 0.1) is 21.8 Å². The Hall–Kier alpha value is -2.24. The molecule has 5 heteroatoms. The molecule has 4 nitrogen and oxygen atoms in total. The highest BCUT2D eigenvalue weighted by molar-refractivity contribution is 7.16. The van der Waals surface area contributed by atoms with E-state index in [1.165, 1.54) is 18.4 Å². The maximum Gasteiger partial charge on any atom is 0.254 e. The summed E-state index contributed by atoms with van der Waals surface area (Å²) in [5.74, 6) is 0.129. The summed E-state index contributed by atoms with van der Waals surface area (Å²) >= 11 is 1.59. The molecule has 1 amide bonds. The molecule has 0 radical (unpaired) electrons. The number of rotatable bonds is 3. The van der Waals surface area contributed by atoms with Gasteiger partial charge in [-0.15, -0.1) is 11.3 Å². The largest absolute Gasteiger partial charge is 0.329 e. The molecule has 1 saturated heterocycles. The van der Waals surface area contributed by atoms with E-state index >= 15 is 0 Å². The number of carbonyl (C=O) groups excluding carboxylic acids is 1. The minimum absolute atomic E-state index is 0.121. The van der Waals surface area contributed by atoms with E-state index in [0.717, 1.165) is 41.5 Å². The Morgan fingerprint density at radius 1 is 1.08 bits per heavy atom. The molecule has 26 heavy (non-hydrogen) atoms. The Kier molecular flexibility index (Phi) is 3.98. The number of piperazine rings is 1. The number of thiazole rings is 1. The topological polar surface area (TPSA) is 36.4 Å². The molecule has 2 heterocycles. The van der Waals surface area contributed by atoms with Crippen molar-refractivity contribution in [3.8, 4) is 0 Å². The quantitative estimate of drug-likeness (QED) is 0.707. The predicted molar refractivity (Wildman–Crippen MR) is 104 cm³/mol. The second-order valence-electron chi connectivity index (χ2n) is 7.19. The van der Waals surface area contributed by atoms with E-state index in [2.05, 4.69) is 39.0 Å². The van der Waals surface area contributed by atoms with Crippen LogP contribution in [0.1, 0.15) is 34.8 Å². The standard InChI is InChI=1S/C21H21N3OS/c25-21(16-6-9-18-20(12-16)26-14-22-18)24-11-10-23(17-7-8-17)13-19(24)15-4-2-1-3-5-15/h1-6,9,12,14,17,19H,7-8,10-11,13H2. The van der Waals surface area contributed by atoms with E-state index in [0.29, 0.717) is 0 Å². The third kappa shape index (κ3) is 2.91. The monoisotopic (exact) mass is 363 g/mol. The summed E-state index contributed by atoms with van der Waals surface area (Å²) in [5.41, 5.74) is 4.79. The van der Waals surface area contributed by atoms with Crippen molar-refractivity contribution in [2.75, 3.05) is 19.6 Å². The number of benzene rings is 2. The molecule has 2 aromatic carbocycles. The number of carbonyl (C=O) groups is 1. The molecular weight excluding hydrogens is 342 g/mol. The zero-order valence-corrected chi connectivity index (χ0v) is 15.4. The number of aromatic nitrogens is 1. The van der Waals surface area contributed by atoms with E-state index in [9.17, 15) is 4.79 Å². The maximum atomic E-state index is 13.3. The number of hydrogen-bond acceptors (Lipinski definition) is 4. The van der Waals surface area contributed by atoms with Crippen molar-refractivity contribution in [1.82, 2.24) is 14.8 Å². The molecule has 0 spiro atoms. The van der Waals surface area contributed by atoms with Crippen molar-refractivity contribution in [2.45, 2.75) is 24.9 Å². The number of nitrogens with zero attached hydrogens (tertiary/aromatic N) is 3. The van der Waals surface area contributed by atoms with Gasteiger partial charge in [0.25, 0.3) is 5.91 Å². The fraction of sp³-hybridized carbons (Fsp3) is 0.333. The van der Waals surface area contributed by atoms with Gasteiger partial charge in [0.15, 0.2) is 0 Å². The molecule has 2 aliphatic rings. The smallest absolute Gasteiger partial charge is 0.254 e. The first-order valence-electron chi connectivity index (χ1n) is 9.23. The SMILES string of the molecule is O=C(c1ccc2ncsc2c1)N1CCN(C2CC2)CC1c1ccccc1. The Morgan fingerprint density at radius 3 is 2.73 bits per heavy atom. The van der Waals surface area contributed by atoms with E-state index in [4.69, 9.17) is 0 Å². The summed E-state index contributed by atoms with van der Waals surface area (Å²) in [4.78, 5) is 22.3. The lowest BCUT2D eigenvalue weighted by atomic mass is 10.0. The maximum absolute atomic E-state index is 13.3. The van der Waals surface area contributed by atoms with Gasteiger partial charge in [-0.1, -0.05) is 30.3 Å². The molecule has 1 aliphatic carbocycles. The fourth-order valence-corrected chi connectivity index (χ4v) is 4.65. The molecule has 132 valence electrons. The van der Waals surface area contributed by atoms with Gasteiger partial charge in [-0.3, -0.25) is 9.69 Å². The molecule has 1 aromatic heterocycles. The highest BCUT2D eigenvalue weighted by Gasteiger charge is 2.38. The summed E-state index contributed by atoms with van der Waals surface area (Å²) in [6.07, 6.45) is 2.61. The van der Waals surface area contributed by atoms with E-state index < -0.39 is 0 Å². The van der Waals surface area contributed by atoms with Gasteiger partial charge in [-0.2, -0.15) is 0 Å². The van der Waals surface area contributed by atoms with Crippen molar-refractivity contribution in [1.29, 1.82) is 0 Å². The van der Waals surface area contributed by atoms with Crippen LogP contribution in [0.5, 0.6) is 0 Å². The molecule has 2 fully saturated rings. The number of amides is 1. The second kappa shape index (κ2) is 6.49. The first kappa shape index (κ1) is 16.0. The summed E-state index contributed by atoms with van der Waals surface area (Å²) in [7, 11) is 0. The Morgan fingerprint density at radius 2 is 1.92 bits per heavy atom. The van der Waals surface area contributed by atoms with Gasteiger partial charge in [-0.25, -0.2) is 4.98 Å². The zero-order valence-electron chi connectivity index (χ0n) is 14.5. The van der Waals surface area contributed by atoms with Crippen LogP contribution in [-0.4, -0.2) is 46.4 Å². The van der Waals surface area contributed by atoms with Gasteiger partial charge in [-0.05, 0) is 36.6 Å². The molecule has 0 N–H and O–H groups in total. The Bertz CT molecular complexity index is 935. The van der Waals surface area contributed by atoms with Crippen molar-refractivity contribution >= 4 is 27.5 Å². The molecule has 1 aliphatic heterocycles. The van der Waals surface area contributed by atoms with Crippen LogP contribution in [0.2, 0.25) is 0 Å². The highest BCUT2D eigenvalue weighted by Crippen LogP contribution is 2.34. The summed E-state index contributed by atoms with van der Waals surface area (Å²) in [5, 5.41) is 0. The lowest BCUT2D eigenvalue weighted by Crippen LogP contribution is -2.51. The highest BCUT2D eigenvalue weighted by atomic mass is 32.1. The van der Waals surface area contributed by atoms with Crippen molar-refractivity contribution < 1.29 is 4.79 Å². The van der Waals surface area contributed by atoms with Crippen LogP contribution in [0.3, 0.4) is 0 Å². The Labute approximate surface area is 157 Å². The van der Waals surface area contributed by atoms with Crippen molar-refractivity contribution in [2.24, 2.45) is 0 Å². The zero-order chi connectivity index (χ0) is 17.5. The summed E-state index contributed by atoms with van der Waals surface area (Å²) < 4.78 is 1.07. The third-order valence-electron chi connectivity index (χ3n) is 5.50. The van der Waals surface area contributed by atoms with Crippen LogP contribution < -0.4 is 0 Å². The lowest BCUT2D eigenvalue weighted by molar-refractivity contribution is 0.0433. The van der Waals surface area contributed by atoms with Crippen LogP contribution in [0.4, 0.5) is 0 Å². The average molecular weight is 363 g/mol. The van der Waals surface area contributed by atoms with Gasteiger partial charge in [0.2, 0.25) is 0 Å². The molecular formula is C21H21N3OS. The van der Waals surface area contributed by atoms with Crippen molar-refractivity contribution in [3.05, 3.63) is 65.2 Å². The average Bonchev–Trinajstić information content (AvgIpc) is 3.45. The van der Waals surface area contributed by atoms with Crippen LogP contribution in [0.25, 0.3) is 10.2 Å². The normalized spacial score (nSPS) is 21.2. The van der Waals surface area contributed by atoms with E-state index in [-0.39, 0.29) is 11.9 Å². The Balaban J connectivity index is 1.47. The number of hydrogen-bond donors (Lipinski definition) is 0. The molecule has 3 aromatic rings. The molecule has 1 unspecified atom stereocenters. The minimum atomic E-state index is 0.121. The first-order chi connectivity index (χ1) is 12.8. The van der Waals surface area contributed by atoms with Crippen LogP contribution in [-0.2, 0) is 0 Å². The van der Waals surface area contributed by atoms with Crippen LogP contribution in [0.15, 0.2) is 54.0 Å². The van der Waals surface area contributed by atoms with Crippen molar-refractivity contribution in [3.63, 3.8) is 0 Å².